The van der Waals surface area contributed by atoms with E-state index in [0.717, 1.165) is 55.2 Å². The number of fused-ring (bicyclic) bond motifs is 2. The number of nitrogens with zero attached hydrogens (tertiary/aromatic N) is 1. The highest BCUT2D eigenvalue weighted by molar-refractivity contribution is 8.01. The Morgan fingerprint density at radius 2 is 1.79 bits per heavy atom. The van der Waals surface area contributed by atoms with Gasteiger partial charge in [0, 0.05) is 36.4 Å². The second-order valence-corrected chi connectivity index (χ2v) is 14.2. The Labute approximate surface area is 280 Å². The summed E-state index contributed by atoms with van der Waals surface area (Å²) in [6, 6.07) is 2.52. The normalized spacial score (nSPS) is 27.1. The van der Waals surface area contributed by atoms with Gasteiger partial charge in [0.25, 0.3) is 0 Å². The van der Waals surface area contributed by atoms with Gasteiger partial charge in [-0.3, -0.25) is 25.1 Å². The van der Waals surface area contributed by atoms with Crippen molar-refractivity contribution in [3.63, 3.8) is 0 Å². The van der Waals surface area contributed by atoms with Crippen LogP contribution in [0.1, 0.15) is 63.4 Å². The van der Waals surface area contributed by atoms with Crippen LogP contribution in [0, 0.1) is 11.3 Å². The molecule has 2 heterocycles. The molecule has 3 aliphatic carbocycles. The SMILES string of the molecule is N[C@@](O)(CCC(=O)N[C@@H](CS[C@@]12C=C[C@@]3(CCCCCC1)CC(Cc1ccncc1)=C[C@@H]1C(=O)OC2=C13)C(=O)N[C@@H](O)C(=O)O)C(=O)O. The minimum absolute atomic E-state index is 0.130. The number of aliphatic hydroxyl groups is 2. The molecular formula is C33H40N4O10S. The van der Waals surface area contributed by atoms with Crippen LogP contribution in [0.4, 0.5) is 0 Å². The fourth-order valence-corrected chi connectivity index (χ4v) is 8.37. The number of carboxylic acids is 2. The van der Waals surface area contributed by atoms with Crippen LogP contribution in [0.25, 0.3) is 0 Å². The number of carbonyl (C=O) groups excluding carboxylic acids is 3. The Kier molecular flexibility index (Phi) is 10.4. The van der Waals surface area contributed by atoms with Crippen LogP contribution in [-0.2, 0) is 35.1 Å². The van der Waals surface area contributed by atoms with E-state index in [4.69, 9.17) is 20.7 Å². The molecule has 1 aromatic rings. The lowest BCUT2D eigenvalue weighted by Gasteiger charge is -2.45. The van der Waals surface area contributed by atoms with Crippen LogP contribution in [0.15, 0.2) is 59.7 Å². The van der Waals surface area contributed by atoms with E-state index in [1.807, 2.05) is 29.6 Å². The summed E-state index contributed by atoms with van der Waals surface area (Å²) in [6.45, 7) is 0. The van der Waals surface area contributed by atoms with Gasteiger partial charge >= 0.3 is 17.9 Å². The van der Waals surface area contributed by atoms with Gasteiger partial charge in [0.05, 0.1) is 4.75 Å². The number of hydrogen-bond acceptors (Lipinski definition) is 11. The predicted molar refractivity (Wildman–Crippen MR) is 171 cm³/mol. The van der Waals surface area contributed by atoms with Gasteiger partial charge in [-0.2, -0.15) is 0 Å². The van der Waals surface area contributed by atoms with Crippen LogP contribution in [0.3, 0.4) is 0 Å². The zero-order valence-corrected chi connectivity index (χ0v) is 27.0. The number of carbonyl (C=O) groups is 5. The smallest absolute Gasteiger partial charge is 0.353 e. The Morgan fingerprint density at radius 3 is 2.48 bits per heavy atom. The largest absolute Gasteiger partial charge is 0.478 e. The van der Waals surface area contributed by atoms with Crippen molar-refractivity contribution in [1.29, 1.82) is 0 Å². The van der Waals surface area contributed by atoms with Crippen LogP contribution in [-0.4, -0.2) is 83.6 Å². The molecule has 14 nitrogen and oxygen atoms in total. The summed E-state index contributed by atoms with van der Waals surface area (Å²) in [7, 11) is 0. The number of thioether (sulfide) groups is 1. The molecule has 4 aliphatic rings. The highest BCUT2D eigenvalue weighted by Crippen LogP contribution is 2.60. The van der Waals surface area contributed by atoms with Crippen LogP contribution in [0.2, 0.25) is 0 Å². The average Bonchev–Trinajstić information content (AvgIpc) is 3.39. The third-order valence-corrected chi connectivity index (χ3v) is 11.0. The molecule has 2 bridgehead atoms. The van der Waals surface area contributed by atoms with Gasteiger partial charge in [-0.15, -0.1) is 11.8 Å². The molecule has 1 aliphatic heterocycles. The van der Waals surface area contributed by atoms with E-state index in [0.29, 0.717) is 18.6 Å². The molecule has 0 unspecified atom stereocenters. The number of aliphatic carboxylic acids is 2. The fourth-order valence-electron chi connectivity index (χ4n) is 6.94. The standard InChI is InChI=1S/C33H40N4O10S/c34-33(46,30(44)45)10-5-23(38)36-22(26(39)37-27(40)28(41)42)18-48-32-9-4-2-1-3-8-31(11-12-32)17-20(15-19-6-13-35-14-7-19)16-21-24(31)25(32)47-29(21)43/h6-7,11-14,16,21-22,27,40,46H,1-5,8-10,15,17-18,34H2,(H,36,38)(H,37,39)(H,41,42)(H,44,45)/t21-,22-,27-,31-,32+,33+/m0/s1. The number of allylic oxidation sites excluding steroid dienone is 2. The molecule has 1 spiro atoms. The molecule has 0 radical (unpaired) electrons. The van der Waals surface area contributed by atoms with Crippen LogP contribution in [0.5, 0.6) is 0 Å². The van der Waals surface area contributed by atoms with Crippen LogP contribution < -0.4 is 16.4 Å². The molecule has 5 rings (SSSR count). The minimum atomic E-state index is -2.68. The van der Waals surface area contributed by atoms with E-state index in [2.05, 4.69) is 16.4 Å². The second kappa shape index (κ2) is 14.2. The van der Waals surface area contributed by atoms with E-state index in [9.17, 15) is 34.2 Å². The van der Waals surface area contributed by atoms with E-state index in [1.165, 1.54) is 11.8 Å². The van der Waals surface area contributed by atoms with Crippen molar-refractivity contribution in [2.75, 3.05) is 5.75 Å². The zero-order valence-electron chi connectivity index (χ0n) is 26.2. The Balaban J connectivity index is 1.44. The average molecular weight is 685 g/mol. The highest BCUT2D eigenvalue weighted by atomic mass is 32.2. The lowest BCUT2D eigenvalue weighted by atomic mass is 9.60. The molecule has 6 atom stereocenters. The lowest BCUT2D eigenvalue weighted by molar-refractivity contribution is -0.159. The van der Waals surface area contributed by atoms with Crippen molar-refractivity contribution in [3.05, 3.63) is 65.2 Å². The van der Waals surface area contributed by atoms with Crippen molar-refractivity contribution in [3.8, 4) is 0 Å². The summed E-state index contributed by atoms with van der Waals surface area (Å²) in [5.41, 5.74) is 5.37. The van der Waals surface area contributed by atoms with Gasteiger partial charge in [0.2, 0.25) is 23.8 Å². The van der Waals surface area contributed by atoms with Crippen molar-refractivity contribution < 1.29 is 49.1 Å². The van der Waals surface area contributed by atoms with Gasteiger partial charge in [0.1, 0.15) is 17.7 Å². The number of aliphatic hydroxyl groups excluding tert-OH is 1. The van der Waals surface area contributed by atoms with E-state index < -0.39 is 70.7 Å². The Hall–Kier alpha value is -4.05. The van der Waals surface area contributed by atoms with Crippen molar-refractivity contribution >= 4 is 41.5 Å². The van der Waals surface area contributed by atoms with E-state index in [-0.39, 0.29) is 11.7 Å². The molecule has 2 amide bonds. The van der Waals surface area contributed by atoms with Crippen LogP contribution >= 0.6 is 11.8 Å². The first kappa shape index (κ1) is 35.3. The summed E-state index contributed by atoms with van der Waals surface area (Å²) < 4.78 is 5.24. The maximum Gasteiger partial charge on any atom is 0.353 e. The molecule has 258 valence electrons. The minimum Gasteiger partial charge on any atom is -0.478 e. The predicted octanol–water partition coefficient (Wildman–Crippen LogP) is 1.28. The molecule has 15 heteroatoms. The first-order valence-electron chi connectivity index (χ1n) is 15.9. The molecule has 0 saturated heterocycles. The molecule has 0 fully saturated rings. The zero-order chi connectivity index (χ0) is 34.7. The number of aromatic nitrogens is 1. The third-order valence-electron chi connectivity index (χ3n) is 9.43. The Bertz CT molecular complexity index is 1560. The maximum atomic E-state index is 13.5. The first-order chi connectivity index (χ1) is 22.8. The fraction of sp³-hybridized carbons (Fsp3) is 0.515. The first-order valence-corrected chi connectivity index (χ1v) is 16.9. The molecule has 8 N–H and O–H groups in total. The van der Waals surface area contributed by atoms with Gasteiger partial charge in [-0.1, -0.05) is 49.5 Å². The van der Waals surface area contributed by atoms with Gasteiger partial charge in [-0.05, 0) is 49.0 Å². The number of hydrogen-bond donors (Lipinski definition) is 7. The van der Waals surface area contributed by atoms with Crippen molar-refractivity contribution in [1.82, 2.24) is 15.6 Å². The maximum absolute atomic E-state index is 13.5. The quantitative estimate of drug-likeness (QED) is 0.0882. The van der Waals surface area contributed by atoms with Gasteiger partial charge in [0.15, 0.2) is 0 Å². The highest BCUT2D eigenvalue weighted by Gasteiger charge is 2.56. The Morgan fingerprint density at radius 1 is 1.08 bits per heavy atom. The number of pyridine rings is 1. The van der Waals surface area contributed by atoms with Gasteiger partial charge < -0.3 is 35.8 Å². The molecule has 1 aromatic heterocycles. The summed E-state index contributed by atoms with van der Waals surface area (Å²) in [5.74, 6) is -5.81. The summed E-state index contributed by atoms with van der Waals surface area (Å²) in [4.78, 5) is 66.1. The number of nitrogens with one attached hydrogen (secondary N) is 2. The molecule has 0 aromatic carbocycles. The number of amides is 2. The topological polar surface area (TPSA) is 238 Å². The number of ether oxygens (including phenoxy) is 1. The number of nitrogens with two attached hydrogens (primary N) is 1. The third kappa shape index (κ3) is 7.48. The lowest BCUT2D eigenvalue weighted by Crippen LogP contribution is -2.54. The van der Waals surface area contributed by atoms with Crippen molar-refractivity contribution in [2.24, 2.45) is 17.1 Å². The molecule has 0 saturated carbocycles. The number of esters is 1. The number of carboxylic acid groups (broad SMARTS) is 2. The summed E-state index contributed by atoms with van der Waals surface area (Å²) in [5, 5.41) is 42.2. The monoisotopic (exact) mass is 684 g/mol. The van der Waals surface area contributed by atoms with Crippen molar-refractivity contribution in [2.45, 2.75) is 86.9 Å². The molecule has 48 heavy (non-hydrogen) atoms. The second-order valence-electron chi connectivity index (χ2n) is 12.9. The van der Waals surface area contributed by atoms with E-state index >= 15 is 0 Å². The summed E-state index contributed by atoms with van der Waals surface area (Å²) >= 11 is 1.26. The number of rotatable bonds is 13. The summed E-state index contributed by atoms with van der Waals surface area (Å²) in [6.07, 6.45) is 12.7. The molecular weight excluding hydrogens is 644 g/mol. The van der Waals surface area contributed by atoms with E-state index in [1.54, 1.807) is 12.4 Å². The van der Waals surface area contributed by atoms with Gasteiger partial charge in [-0.25, -0.2) is 9.59 Å².